The first-order valence-electron chi connectivity index (χ1n) is 5.91. The van der Waals surface area contributed by atoms with Crippen molar-refractivity contribution in [1.29, 1.82) is 0 Å². The Morgan fingerprint density at radius 2 is 2.00 bits per heavy atom. The second kappa shape index (κ2) is 4.90. The summed E-state index contributed by atoms with van der Waals surface area (Å²) in [5, 5.41) is 2.70. The van der Waals surface area contributed by atoms with Crippen LogP contribution < -0.4 is 5.32 Å². The van der Waals surface area contributed by atoms with E-state index in [0.717, 1.165) is 21.8 Å². The van der Waals surface area contributed by atoms with Gasteiger partial charge in [-0.05, 0) is 36.5 Å². The molecule has 4 heteroatoms. The van der Waals surface area contributed by atoms with Crippen LogP contribution in [0.2, 0.25) is 0 Å². The zero-order chi connectivity index (χ0) is 13.2. The van der Waals surface area contributed by atoms with Crippen LogP contribution in [0.1, 0.15) is 10.8 Å². The van der Waals surface area contributed by atoms with Gasteiger partial charge < -0.3 is 5.32 Å². The van der Waals surface area contributed by atoms with Gasteiger partial charge in [-0.25, -0.2) is 0 Å². The number of carbonyl (C=O) groups is 1. The fraction of sp³-hybridized carbons (Fsp3) is 0.0667. The van der Waals surface area contributed by atoms with E-state index < -0.39 is 0 Å². The third kappa shape index (κ3) is 2.27. The minimum absolute atomic E-state index is 0.00455. The van der Waals surface area contributed by atoms with E-state index in [4.69, 9.17) is 0 Å². The Labute approximate surface area is 115 Å². The summed E-state index contributed by atoms with van der Waals surface area (Å²) in [7, 11) is 0. The van der Waals surface area contributed by atoms with Crippen molar-refractivity contribution >= 4 is 35.8 Å². The molecular weight excluding hydrogens is 256 g/mol. The van der Waals surface area contributed by atoms with E-state index in [9.17, 15) is 4.79 Å². The van der Waals surface area contributed by atoms with Crippen LogP contribution in [0.4, 0.5) is 11.4 Å². The average molecular weight is 268 g/mol. The van der Waals surface area contributed by atoms with Crippen LogP contribution in [0.5, 0.6) is 0 Å². The Balaban J connectivity index is 1.98. The van der Waals surface area contributed by atoms with Gasteiger partial charge in [0.25, 0.3) is 0 Å². The molecule has 0 aliphatic carbocycles. The van der Waals surface area contributed by atoms with Gasteiger partial charge in [-0.1, -0.05) is 24.3 Å². The topological polar surface area (TPSA) is 41.5 Å². The van der Waals surface area contributed by atoms with Gasteiger partial charge in [0.05, 0.1) is 11.4 Å². The van der Waals surface area contributed by atoms with Crippen LogP contribution in [-0.2, 0) is 4.79 Å². The quantitative estimate of drug-likeness (QED) is 0.842. The van der Waals surface area contributed by atoms with Gasteiger partial charge in [0, 0.05) is 4.90 Å². The van der Waals surface area contributed by atoms with Crippen molar-refractivity contribution in [3.63, 3.8) is 0 Å². The summed E-state index contributed by atoms with van der Waals surface area (Å²) in [6.07, 6.45) is 0. The van der Waals surface area contributed by atoms with Crippen LogP contribution in [0.3, 0.4) is 0 Å². The number of anilines is 1. The fourth-order valence-electron chi connectivity index (χ4n) is 2.06. The predicted molar refractivity (Wildman–Crippen MR) is 79.3 cm³/mol. The van der Waals surface area contributed by atoms with Gasteiger partial charge in [-0.15, -0.1) is 11.8 Å². The van der Waals surface area contributed by atoms with E-state index >= 15 is 0 Å². The highest BCUT2D eigenvalue weighted by Gasteiger charge is 2.28. The first-order valence-corrected chi connectivity index (χ1v) is 6.79. The molecule has 1 heterocycles. The molecule has 0 bridgehead atoms. The number of nitrogens with zero attached hydrogens (tertiary/aromatic N) is 1. The van der Waals surface area contributed by atoms with Crippen LogP contribution in [0, 0.1) is 0 Å². The van der Waals surface area contributed by atoms with E-state index in [1.165, 1.54) is 0 Å². The third-order valence-electron chi connectivity index (χ3n) is 2.98. The summed E-state index contributed by atoms with van der Waals surface area (Å²) in [5.41, 5.74) is 2.61. The van der Waals surface area contributed by atoms with E-state index in [2.05, 4.69) is 17.0 Å². The number of amides is 1. The van der Waals surface area contributed by atoms with Crippen molar-refractivity contribution < 1.29 is 4.79 Å². The van der Waals surface area contributed by atoms with Crippen LogP contribution in [-0.4, -0.2) is 12.6 Å². The third-order valence-corrected chi connectivity index (χ3v) is 4.32. The van der Waals surface area contributed by atoms with Crippen LogP contribution >= 0.6 is 11.8 Å². The average Bonchev–Trinajstić information content (AvgIpc) is 2.46. The minimum atomic E-state index is -0.239. The molecule has 1 N–H and O–H groups in total. The molecule has 1 unspecified atom stereocenters. The maximum Gasteiger partial charge on any atom is 0.242 e. The first-order chi connectivity index (χ1) is 9.28. The Morgan fingerprint density at radius 3 is 2.84 bits per heavy atom. The number of rotatable bonds is 2. The number of thioether (sulfide) groups is 1. The molecule has 2 aromatic carbocycles. The molecule has 1 atom stereocenters. The lowest BCUT2D eigenvalue weighted by atomic mass is 10.1. The lowest BCUT2D eigenvalue weighted by molar-refractivity contribution is -0.115. The summed E-state index contributed by atoms with van der Waals surface area (Å²) < 4.78 is 0. The van der Waals surface area contributed by atoms with Crippen LogP contribution in [0.15, 0.2) is 58.4 Å². The predicted octanol–water partition coefficient (Wildman–Crippen LogP) is 3.80. The minimum Gasteiger partial charge on any atom is -0.324 e. The largest absolute Gasteiger partial charge is 0.324 e. The number of benzene rings is 2. The maximum atomic E-state index is 12.2. The number of fused-ring (bicyclic) bond motifs is 1. The second-order valence-corrected chi connectivity index (χ2v) is 5.38. The Bertz CT molecular complexity index is 654. The smallest absolute Gasteiger partial charge is 0.242 e. The molecular formula is C15H12N2OS. The Hall–Kier alpha value is -2.07. The van der Waals surface area contributed by atoms with Gasteiger partial charge >= 0.3 is 0 Å². The summed E-state index contributed by atoms with van der Waals surface area (Å²) >= 11 is 1.56. The van der Waals surface area contributed by atoms with Crippen molar-refractivity contribution in [2.75, 3.05) is 5.32 Å². The van der Waals surface area contributed by atoms with Gasteiger partial charge in [0.2, 0.25) is 5.91 Å². The molecule has 3 nitrogen and oxygen atoms in total. The molecule has 94 valence electrons. The van der Waals surface area contributed by atoms with E-state index in [0.29, 0.717) is 0 Å². The standard InChI is InChI=1S/C15H12N2OS/c1-16-11-6-4-5-10(9-11)14-15(18)17-12-7-2-3-8-13(12)19-14/h2-9,14H,1H2,(H,17,18). The summed E-state index contributed by atoms with van der Waals surface area (Å²) in [5.74, 6) is 0.00455. The molecule has 1 aliphatic heterocycles. The van der Waals surface area contributed by atoms with E-state index in [-0.39, 0.29) is 11.2 Å². The highest BCUT2D eigenvalue weighted by Crippen LogP contribution is 2.43. The second-order valence-electron chi connectivity index (χ2n) is 4.24. The zero-order valence-electron chi connectivity index (χ0n) is 10.2. The zero-order valence-corrected chi connectivity index (χ0v) is 11.0. The number of nitrogens with one attached hydrogen (secondary N) is 1. The molecule has 0 spiro atoms. The number of aliphatic imine (C=N–C) groups is 1. The monoisotopic (exact) mass is 268 g/mol. The van der Waals surface area contributed by atoms with Gasteiger partial charge in [-0.3, -0.25) is 9.79 Å². The fourth-order valence-corrected chi connectivity index (χ4v) is 3.16. The molecule has 1 amide bonds. The van der Waals surface area contributed by atoms with Crippen molar-refractivity contribution in [1.82, 2.24) is 0 Å². The number of carbonyl (C=O) groups excluding carboxylic acids is 1. The first kappa shape index (κ1) is 12.0. The molecule has 1 aliphatic rings. The Morgan fingerprint density at radius 1 is 1.16 bits per heavy atom. The van der Waals surface area contributed by atoms with E-state index in [1.807, 2.05) is 48.5 Å². The highest BCUT2D eigenvalue weighted by molar-refractivity contribution is 8.00. The summed E-state index contributed by atoms with van der Waals surface area (Å²) in [6.45, 7) is 3.51. The van der Waals surface area contributed by atoms with Crippen LogP contribution in [0.25, 0.3) is 0 Å². The molecule has 0 fully saturated rings. The maximum absolute atomic E-state index is 12.2. The highest BCUT2D eigenvalue weighted by atomic mass is 32.2. The Kier molecular flexibility index (Phi) is 3.09. The molecule has 0 aromatic heterocycles. The van der Waals surface area contributed by atoms with Gasteiger partial charge in [-0.2, -0.15) is 0 Å². The van der Waals surface area contributed by atoms with Crippen molar-refractivity contribution in [2.24, 2.45) is 4.99 Å². The number of para-hydroxylation sites is 1. The van der Waals surface area contributed by atoms with Crippen molar-refractivity contribution in [3.05, 3.63) is 54.1 Å². The normalized spacial score (nSPS) is 17.5. The van der Waals surface area contributed by atoms with Crippen molar-refractivity contribution in [2.45, 2.75) is 10.1 Å². The molecule has 3 rings (SSSR count). The van der Waals surface area contributed by atoms with Gasteiger partial charge in [0.1, 0.15) is 5.25 Å². The molecule has 0 saturated carbocycles. The lowest BCUT2D eigenvalue weighted by Crippen LogP contribution is -2.22. The van der Waals surface area contributed by atoms with Gasteiger partial charge in [0.15, 0.2) is 0 Å². The molecule has 2 aromatic rings. The number of hydrogen-bond donors (Lipinski definition) is 1. The molecule has 0 radical (unpaired) electrons. The lowest BCUT2D eigenvalue weighted by Gasteiger charge is -2.24. The van der Waals surface area contributed by atoms with E-state index in [1.54, 1.807) is 11.8 Å². The summed E-state index contributed by atoms with van der Waals surface area (Å²) in [6, 6.07) is 15.4. The summed E-state index contributed by atoms with van der Waals surface area (Å²) in [4.78, 5) is 17.2. The molecule has 19 heavy (non-hydrogen) atoms. The molecule has 0 saturated heterocycles. The van der Waals surface area contributed by atoms with Crippen molar-refractivity contribution in [3.8, 4) is 0 Å². The SMILES string of the molecule is C=Nc1cccc(C2Sc3ccccc3NC2=O)c1. The number of hydrogen-bond acceptors (Lipinski definition) is 3.